The molecule has 0 aliphatic carbocycles. The second kappa shape index (κ2) is 6.78. The summed E-state index contributed by atoms with van der Waals surface area (Å²) in [4.78, 5) is 2.47. The maximum absolute atomic E-state index is 5.87. The SMILES string of the molecule is COc1ccc(CN2CCCCC2CN)c(OC)c1. The highest BCUT2D eigenvalue weighted by Crippen LogP contribution is 2.27. The number of likely N-dealkylation sites (tertiary alicyclic amines) is 1. The summed E-state index contributed by atoms with van der Waals surface area (Å²) < 4.78 is 10.7. The largest absolute Gasteiger partial charge is 0.497 e. The zero-order chi connectivity index (χ0) is 13.7. The average Bonchev–Trinajstić information content (AvgIpc) is 2.48. The lowest BCUT2D eigenvalue weighted by Gasteiger charge is -2.35. The predicted molar refractivity (Wildman–Crippen MR) is 76.6 cm³/mol. The molecule has 0 spiro atoms. The van der Waals surface area contributed by atoms with Gasteiger partial charge >= 0.3 is 0 Å². The Morgan fingerprint density at radius 2 is 2.11 bits per heavy atom. The molecule has 1 fully saturated rings. The van der Waals surface area contributed by atoms with Crippen LogP contribution in [0.4, 0.5) is 0 Å². The van der Waals surface area contributed by atoms with Crippen LogP contribution in [-0.2, 0) is 6.54 Å². The van der Waals surface area contributed by atoms with Gasteiger partial charge in [0, 0.05) is 30.8 Å². The van der Waals surface area contributed by atoms with Gasteiger partial charge in [-0.25, -0.2) is 0 Å². The van der Waals surface area contributed by atoms with E-state index in [4.69, 9.17) is 15.2 Å². The summed E-state index contributed by atoms with van der Waals surface area (Å²) in [5.41, 5.74) is 7.07. The lowest BCUT2D eigenvalue weighted by atomic mass is 10.0. The zero-order valence-electron chi connectivity index (χ0n) is 11.9. The number of hydrogen-bond donors (Lipinski definition) is 1. The summed E-state index contributed by atoms with van der Waals surface area (Å²) >= 11 is 0. The molecule has 1 aromatic carbocycles. The molecule has 1 saturated heterocycles. The Labute approximate surface area is 115 Å². The Bertz CT molecular complexity index is 409. The first kappa shape index (κ1) is 14.2. The lowest BCUT2D eigenvalue weighted by Crippen LogP contribution is -2.43. The molecule has 1 aliphatic heterocycles. The van der Waals surface area contributed by atoms with Gasteiger partial charge in [-0.1, -0.05) is 12.5 Å². The van der Waals surface area contributed by atoms with E-state index in [1.54, 1.807) is 14.2 Å². The van der Waals surface area contributed by atoms with Crippen LogP contribution >= 0.6 is 0 Å². The minimum atomic E-state index is 0.501. The molecule has 2 rings (SSSR count). The third-order valence-corrected chi connectivity index (χ3v) is 3.89. The number of hydrogen-bond acceptors (Lipinski definition) is 4. The number of nitrogens with zero attached hydrogens (tertiary/aromatic N) is 1. The van der Waals surface area contributed by atoms with E-state index in [2.05, 4.69) is 11.0 Å². The quantitative estimate of drug-likeness (QED) is 0.884. The van der Waals surface area contributed by atoms with Crippen molar-refractivity contribution in [2.24, 2.45) is 5.73 Å². The third kappa shape index (κ3) is 3.39. The van der Waals surface area contributed by atoms with E-state index in [1.165, 1.54) is 24.8 Å². The fourth-order valence-corrected chi connectivity index (χ4v) is 2.74. The minimum absolute atomic E-state index is 0.501. The molecule has 1 aliphatic rings. The second-order valence-electron chi connectivity index (χ2n) is 5.03. The summed E-state index contributed by atoms with van der Waals surface area (Å²) in [7, 11) is 3.37. The van der Waals surface area contributed by atoms with Crippen LogP contribution < -0.4 is 15.2 Å². The Hall–Kier alpha value is -1.26. The van der Waals surface area contributed by atoms with Gasteiger partial charge in [-0.2, -0.15) is 0 Å². The topological polar surface area (TPSA) is 47.7 Å². The number of nitrogens with two attached hydrogens (primary N) is 1. The summed E-state index contributed by atoms with van der Waals surface area (Å²) in [6, 6.07) is 6.51. The molecule has 0 saturated carbocycles. The van der Waals surface area contributed by atoms with E-state index in [0.29, 0.717) is 6.04 Å². The molecule has 1 atom stereocenters. The predicted octanol–water partition coefficient (Wildman–Crippen LogP) is 2.02. The van der Waals surface area contributed by atoms with Gasteiger partial charge in [-0.3, -0.25) is 4.90 Å². The highest BCUT2D eigenvalue weighted by molar-refractivity contribution is 5.40. The van der Waals surface area contributed by atoms with Crippen LogP contribution in [0.25, 0.3) is 0 Å². The molecule has 19 heavy (non-hydrogen) atoms. The van der Waals surface area contributed by atoms with E-state index in [9.17, 15) is 0 Å². The van der Waals surface area contributed by atoms with Crippen molar-refractivity contribution in [2.45, 2.75) is 31.8 Å². The van der Waals surface area contributed by atoms with Crippen molar-refractivity contribution in [3.05, 3.63) is 23.8 Å². The molecule has 1 unspecified atom stereocenters. The Morgan fingerprint density at radius 3 is 2.79 bits per heavy atom. The number of benzene rings is 1. The van der Waals surface area contributed by atoms with Gasteiger partial charge in [-0.15, -0.1) is 0 Å². The molecular formula is C15H24N2O2. The molecule has 4 heteroatoms. The van der Waals surface area contributed by atoms with Crippen molar-refractivity contribution in [1.29, 1.82) is 0 Å². The zero-order valence-corrected chi connectivity index (χ0v) is 11.9. The van der Waals surface area contributed by atoms with Crippen LogP contribution in [-0.4, -0.2) is 38.3 Å². The first-order chi connectivity index (χ1) is 9.28. The molecule has 106 valence electrons. The monoisotopic (exact) mass is 264 g/mol. The fourth-order valence-electron chi connectivity index (χ4n) is 2.74. The van der Waals surface area contributed by atoms with Crippen molar-refractivity contribution in [3.63, 3.8) is 0 Å². The molecule has 0 bridgehead atoms. The number of piperidine rings is 1. The van der Waals surface area contributed by atoms with Crippen molar-refractivity contribution >= 4 is 0 Å². The molecule has 0 aromatic heterocycles. The van der Waals surface area contributed by atoms with Crippen LogP contribution in [0.3, 0.4) is 0 Å². The average molecular weight is 264 g/mol. The normalized spacial score (nSPS) is 20.3. The van der Waals surface area contributed by atoms with Gasteiger partial charge < -0.3 is 15.2 Å². The molecule has 4 nitrogen and oxygen atoms in total. The lowest BCUT2D eigenvalue weighted by molar-refractivity contribution is 0.143. The van der Waals surface area contributed by atoms with Gasteiger partial charge in [0.15, 0.2) is 0 Å². The maximum atomic E-state index is 5.87. The molecule has 1 aromatic rings. The Morgan fingerprint density at radius 1 is 1.26 bits per heavy atom. The first-order valence-corrected chi connectivity index (χ1v) is 6.93. The number of rotatable bonds is 5. The van der Waals surface area contributed by atoms with E-state index in [0.717, 1.165) is 31.1 Å². The standard InChI is InChI=1S/C15H24N2O2/c1-18-14-7-6-12(15(9-14)19-2)11-17-8-4-3-5-13(17)10-16/h6-7,9,13H,3-5,8,10-11,16H2,1-2H3. The smallest absolute Gasteiger partial charge is 0.127 e. The van der Waals surface area contributed by atoms with Crippen LogP contribution in [0, 0.1) is 0 Å². The molecular weight excluding hydrogens is 240 g/mol. The van der Waals surface area contributed by atoms with Crippen molar-refractivity contribution in [3.8, 4) is 11.5 Å². The Balaban J connectivity index is 2.12. The minimum Gasteiger partial charge on any atom is -0.497 e. The van der Waals surface area contributed by atoms with Gasteiger partial charge in [0.1, 0.15) is 11.5 Å². The summed E-state index contributed by atoms with van der Waals surface area (Å²) in [6.45, 7) is 2.75. The Kier molecular flexibility index (Phi) is 5.05. The summed E-state index contributed by atoms with van der Waals surface area (Å²) in [6.07, 6.45) is 3.75. The van der Waals surface area contributed by atoms with E-state index >= 15 is 0 Å². The van der Waals surface area contributed by atoms with Gasteiger partial charge in [0.25, 0.3) is 0 Å². The molecule has 2 N–H and O–H groups in total. The van der Waals surface area contributed by atoms with E-state index < -0.39 is 0 Å². The first-order valence-electron chi connectivity index (χ1n) is 6.93. The van der Waals surface area contributed by atoms with E-state index in [-0.39, 0.29) is 0 Å². The van der Waals surface area contributed by atoms with Crippen LogP contribution in [0.15, 0.2) is 18.2 Å². The second-order valence-corrected chi connectivity index (χ2v) is 5.03. The number of methoxy groups -OCH3 is 2. The van der Waals surface area contributed by atoms with Crippen molar-refractivity contribution < 1.29 is 9.47 Å². The summed E-state index contributed by atoms with van der Waals surface area (Å²) in [5, 5.41) is 0. The molecule has 0 amide bonds. The van der Waals surface area contributed by atoms with Crippen molar-refractivity contribution in [1.82, 2.24) is 4.90 Å². The maximum Gasteiger partial charge on any atom is 0.127 e. The van der Waals surface area contributed by atoms with Gasteiger partial charge in [-0.05, 0) is 25.5 Å². The molecule has 0 radical (unpaired) electrons. The van der Waals surface area contributed by atoms with Gasteiger partial charge in [0.05, 0.1) is 14.2 Å². The molecule has 1 heterocycles. The highest BCUT2D eigenvalue weighted by atomic mass is 16.5. The van der Waals surface area contributed by atoms with Crippen LogP contribution in [0.5, 0.6) is 11.5 Å². The number of ether oxygens (including phenoxy) is 2. The summed E-state index contributed by atoms with van der Waals surface area (Å²) in [5.74, 6) is 1.72. The van der Waals surface area contributed by atoms with Crippen LogP contribution in [0.2, 0.25) is 0 Å². The third-order valence-electron chi connectivity index (χ3n) is 3.89. The van der Waals surface area contributed by atoms with Crippen molar-refractivity contribution in [2.75, 3.05) is 27.3 Å². The fraction of sp³-hybridized carbons (Fsp3) is 0.600. The van der Waals surface area contributed by atoms with Gasteiger partial charge in [0.2, 0.25) is 0 Å². The van der Waals surface area contributed by atoms with E-state index in [1.807, 2.05) is 12.1 Å². The highest BCUT2D eigenvalue weighted by Gasteiger charge is 2.22. The van der Waals surface area contributed by atoms with Crippen LogP contribution in [0.1, 0.15) is 24.8 Å².